The predicted octanol–water partition coefficient (Wildman–Crippen LogP) is 1.15. The molecule has 1 heterocycles. The number of hydrogen-bond acceptors (Lipinski definition) is 6. The van der Waals surface area contributed by atoms with Crippen LogP contribution in [0.1, 0.15) is 33.6 Å². The minimum Gasteiger partial charge on any atom is -0.478 e. The number of esters is 2. The maximum atomic E-state index is 12.6. The van der Waals surface area contributed by atoms with E-state index in [2.05, 4.69) is 0 Å². The van der Waals surface area contributed by atoms with Crippen LogP contribution >= 0.6 is 0 Å². The highest BCUT2D eigenvalue weighted by atomic mass is 16.6. The minimum absolute atomic E-state index is 0.0121. The number of aliphatic hydroxyl groups excluding tert-OH is 1. The zero-order valence-corrected chi connectivity index (χ0v) is 14.2. The SMILES string of the molecule is CC(=O)O[C@]1(CO)CC[C@@H](C(C)C)[C@H]2C=C(C(=O)O)COC(=O)[C@H]21. The molecule has 4 atom stereocenters. The van der Waals surface area contributed by atoms with Gasteiger partial charge in [0, 0.05) is 6.92 Å². The number of carbonyl (C=O) groups is 3. The third kappa shape index (κ3) is 3.31. The molecule has 1 fully saturated rings. The first-order valence-electron chi connectivity index (χ1n) is 8.13. The number of aliphatic carboxylic acids is 1. The molecule has 0 aromatic heterocycles. The van der Waals surface area contributed by atoms with Crippen LogP contribution in [0.25, 0.3) is 0 Å². The number of aliphatic hydroxyl groups is 1. The maximum absolute atomic E-state index is 12.6. The molecule has 2 N–H and O–H groups in total. The Morgan fingerprint density at radius 1 is 1.46 bits per heavy atom. The van der Waals surface area contributed by atoms with Crippen LogP contribution in [0.2, 0.25) is 0 Å². The number of rotatable bonds is 4. The molecule has 134 valence electrons. The lowest BCUT2D eigenvalue weighted by molar-refractivity contribution is -0.194. The highest BCUT2D eigenvalue weighted by molar-refractivity contribution is 5.88. The van der Waals surface area contributed by atoms with Crippen LogP contribution in [-0.4, -0.2) is 46.9 Å². The molecule has 0 saturated heterocycles. The van der Waals surface area contributed by atoms with E-state index in [1.54, 1.807) is 6.08 Å². The van der Waals surface area contributed by atoms with Crippen LogP contribution < -0.4 is 0 Å². The van der Waals surface area contributed by atoms with Crippen molar-refractivity contribution in [3.8, 4) is 0 Å². The van der Waals surface area contributed by atoms with Gasteiger partial charge in [-0.2, -0.15) is 0 Å². The zero-order chi connectivity index (χ0) is 18.1. The van der Waals surface area contributed by atoms with Gasteiger partial charge in [0.2, 0.25) is 0 Å². The summed E-state index contributed by atoms with van der Waals surface area (Å²) in [5.41, 5.74) is -1.36. The number of hydrogen-bond donors (Lipinski definition) is 2. The average molecular weight is 340 g/mol. The van der Waals surface area contributed by atoms with E-state index in [9.17, 15) is 24.6 Å². The Kier molecular flexibility index (Phi) is 5.32. The van der Waals surface area contributed by atoms with Gasteiger partial charge in [0.05, 0.1) is 12.2 Å². The van der Waals surface area contributed by atoms with Gasteiger partial charge in [-0.15, -0.1) is 0 Å². The predicted molar refractivity (Wildman–Crippen MR) is 82.8 cm³/mol. The molecular weight excluding hydrogens is 316 g/mol. The second kappa shape index (κ2) is 6.93. The van der Waals surface area contributed by atoms with Crippen LogP contribution in [0, 0.1) is 23.7 Å². The summed E-state index contributed by atoms with van der Waals surface area (Å²) in [6, 6.07) is 0. The largest absolute Gasteiger partial charge is 0.478 e. The van der Waals surface area contributed by atoms with E-state index in [4.69, 9.17) is 9.47 Å². The topological polar surface area (TPSA) is 110 Å². The molecule has 0 radical (unpaired) electrons. The van der Waals surface area contributed by atoms with Crippen molar-refractivity contribution in [1.29, 1.82) is 0 Å². The number of carboxylic acids is 1. The van der Waals surface area contributed by atoms with E-state index in [0.717, 1.165) is 0 Å². The smallest absolute Gasteiger partial charge is 0.334 e. The zero-order valence-electron chi connectivity index (χ0n) is 14.2. The molecule has 0 spiro atoms. The molecule has 1 saturated carbocycles. The van der Waals surface area contributed by atoms with E-state index in [1.807, 2.05) is 13.8 Å². The summed E-state index contributed by atoms with van der Waals surface area (Å²) >= 11 is 0. The summed E-state index contributed by atoms with van der Waals surface area (Å²) in [5, 5.41) is 19.2. The number of allylic oxidation sites excluding steroid dienone is 1. The first-order chi connectivity index (χ1) is 11.2. The van der Waals surface area contributed by atoms with Gasteiger partial charge in [0.15, 0.2) is 0 Å². The Labute approximate surface area is 140 Å². The highest BCUT2D eigenvalue weighted by Crippen LogP contribution is 2.48. The molecule has 0 unspecified atom stereocenters. The lowest BCUT2D eigenvalue weighted by Gasteiger charge is -2.47. The molecular formula is C17H24O7. The van der Waals surface area contributed by atoms with Crippen molar-refractivity contribution in [3.63, 3.8) is 0 Å². The summed E-state index contributed by atoms with van der Waals surface area (Å²) in [6.07, 6.45) is 2.50. The minimum atomic E-state index is -1.37. The summed E-state index contributed by atoms with van der Waals surface area (Å²) in [5.74, 6) is -3.51. The Morgan fingerprint density at radius 3 is 2.62 bits per heavy atom. The lowest BCUT2D eigenvalue weighted by atomic mass is 9.61. The third-order valence-electron chi connectivity index (χ3n) is 5.11. The fraction of sp³-hybridized carbons (Fsp3) is 0.706. The van der Waals surface area contributed by atoms with Gasteiger partial charge in [-0.05, 0) is 30.6 Å². The standard InChI is InChI=1S/C17H24O7/c1-9(2)12-4-5-17(8-18,24-10(3)19)14-13(12)6-11(15(20)21)7-23-16(14)22/h6,9,12-14,18H,4-5,7-8H2,1-3H3,(H,20,21)/t12-,13+,14-,17-/m0/s1. The molecule has 0 bridgehead atoms. The second-order valence-electron chi connectivity index (χ2n) is 6.92. The van der Waals surface area contributed by atoms with E-state index in [0.29, 0.717) is 12.8 Å². The first kappa shape index (κ1) is 18.4. The quantitative estimate of drug-likeness (QED) is 0.739. The van der Waals surface area contributed by atoms with E-state index in [1.165, 1.54) is 6.92 Å². The fourth-order valence-electron chi connectivity index (χ4n) is 3.99. The maximum Gasteiger partial charge on any atom is 0.334 e. The Hall–Kier alpha value is -1.89. The Balaban J connectivity index is 2.54. The number of fused-ring (bicyclic) bond motifs is 1. The molecule has 24 heavy (non-hydrogen) atoms. The normalized spacial score (nSPS) is 33.1. The van der Waals surface area contributed by atoms with Gasteiger partial charge in [-0.25, -0.2) is 4.79 Å². The molecule has 2 rings (SSSR count). The number of ether oxygens (including phenoxy) is 2. The average Bonchev–Trinajstić information content (AvgIpc) is 2.66. The van der Waals surface area contributed by atoms with Gasteiger partial charge in [0.25, 0.3) is 0 Å². The van der Waals surface area contributed by atoms with Gasteiger partial charge in [-0.1, -0.05) is 19.9 Å². The molecule has 0 aromatic carbocycles. The summed E-state index contributed by atoms with van der Waals surface area (Å²) < 4.78 is 10.5. The van der Waals surface area contributed by atoms with Crippen molar-refractivity contribution in [2.45, 2.75) is 39.2 Å². The van der Waals surface area contributed by atoms with Crippen LogP contribution in [0.4, 0.5) is 0 Å². The second-order valence-corrected chi connectivity index (χ2v) is 6.92. The van der Waals surface area contributed by atoms with Crippen molar-refractivity contribution >= 4 is 17.9 Å². The van der Waals surface area contributed by atoms with Crippen molar-refractivity contribution in [2.75, 3.05) is 13.2 Å². The van der Waals surface area contributed by atoms with Crippen LogP contribution in [0.5, 0.6) is 0 Å². The van der Waals surface area contributed by atoms with Crippen LogP contribution in [0.15, 0.2) is 11.6 Å². The summed E-state index contributed by atoms with van der Waals surface area (Å²) in [6.45, 7) is 4.40. The molecule has 1 aliphatic heterocycles. The van der Waals surface area contributed by atoms with Crippen LogP contribution in [-0.2, 0) is 23.9 Å². The van der Waals surface area contributed by atoms with Crippen molar-refractivity contribution in [3.05, 3.63) is 11.6 Å². The Bertz CT molecular complexity index is 565. The van der Waals surface area contributed by atoms with Gasteiger partial charge in [0.1, 0.15) is 18.1 Å². The third-order valence-corrected chi connectivity index (χ3v) is 5.11. The van der Waals surface area contributed by atoms with Crippen molar-refractivity contribution in [1.82, 2.24) is 0 Å². The monoisotopic (exact) mass is 340 g/mol. The number of carbonyl (C=O) groups excluding carboxylic acids is 2. The summed E-state index contributed by atoms with van der Waals surface area (Å²) in [7, 11) is 0. The van der Waals surface area contributed by atoms with Gasteiger partial charge < -0.3 is 19.7 Å². The van der Waals surface area contributed by atoms with Crippen molar-refractivity contribution < 1.29 is 34.1 Å². The molecule has 7 nitrogen and oxygen atoms in total. The molecule has 0 aromatic rings. The number of cyclic esters (lactones) is 1. The lowest BCUT2D eigenvalue weighted by Crippen LogP contribution is -2.56. The Morgan fingerprint density at radius 2 is 2.12 bits per heavy atom. The molecule has 2 aliphatic rings. The van der Waals surface area contributed by atoms with E-state index in [-0.39, 0.29) is 24.0 Å². The van der Waals surface area contributed by atoms with Crippen molar-refractivity contribution in [2.24, 2.45) is 23.7 Å². The molecule has 7 heteroatoms. The summed E-state index contributed by atoms with van der Waals surface area (Å²) in [4.78, 5) is 35.5. The molecule has 1 aliphatic carbocycles. The highest BCUT2D eigenvalue weighted by Gasteiger charge is 2.56. The van der Waals surface area contributed by atoms with E-state index < -0.39 is 42.0 Å². The van der Waals surface area contributed by atoms with Crippen LogP contribution in [0.3, 0.4) is 0 Å². The molecule has 0 amide bonds. The van der Waals surface area contributed by atoms with E-state index >= 15 is 0 Å². The van der Waals surface area contributed by atoms with Gasteiger partial charge >= 0.3 is 17.9 Å². The fourth-order valence-corrected chi connectivity index (χ4v) is 3.99. The first-order valence-corrected chi connectivity index (χ1v) is 8.13. The van der Waals surface area contributed by atoms with Gasteiger partial charge in [-0.3, -0.25) is 9.59 Å². The number of carboxylic acid groups (broad SMARTS) is 1.